The first-order valence-corrected chi connectivity index (χ1v) is 39.3. The van der Waals surface area contributed by atoms with Crippen LogP contribution >= 0.6 is 11.8 Å². The van der Waals surface area contributed by atoms with E-state index in [1.165, 1.54) is 0 Å². The van der Waals surface area contributed by atoms with Crippen LogP contribution in [-0.2, 0) is 86.4 Å². The van der Waals surface area contributed by atoms with Gasteiger partial charge in [0.15, 0.2) is 0 Å². The Morgan fingerprint density at radius 2 is 0.991 bits per heavy atom. The van der Waals surface area contributed by atoms with Gasteiger partial charge in [0.25, 0.3) is 0 Å². The van der Waals surface area contributed by atoms with Crippen LogP contribution in [0.1, 0.15) is 116 Å². The number of rotatable bonds is 24. The highest BCUT2D eigenvalue weighted by Crippen LogP contribution is 2.24. The number of carboxylic acids is 1. The first kappa shape index (κ1) is 89.5. The van der Waals surface area contributed by atoms with Crippen LogP contribution in [0.2, 0.25) is 0 Å². The molecule has 114 heavy (non-hydrogen) atoms. The highest BCUT2D eigenvalue weighted by atomic mass is 32.2. The topological polar surface area (TPSA) is 563 Å². The molecule has 2 aromatic heterocycles. The Kier molecular flexibility index (Phi) is 35.0. The van der Waals surface area contributed by atoms with E-state index in [4.69, 9.17) is 17.2 Å². The SMILES string of the molecule is CCCC[C@@H]1NC(=O)[C@H](Cc2c[nH]c3ccccc23)NC(=O)[C@H](CC(=O)O)NC(=O)[C@H](CCCNC(N)=O)NC(=O)CNC(=O)[C@H](CO)NC(=O)[C@H]([C@@H](C)CC)NC(=O)[C@H](Cc2ccc3ccccc3c2)NC(=O)CSC[C@@H](C(N)=O)NC(=O)[C@H](C(C)C)NC(=O)[C@H](Cc2c[nH]c3ccccc23)NC(=O)[C@@H](CCCCN)NC1=O. The van der Waals surface area contributed by atoms with Crippen molar-refractivity contribution in [2.45, 2.75) is 185 Å². The second-order valence-corrected chi connectivity index (χ2v) is 29.6. The number of nitrogens with one attached hydrogen (secondary N) is 15. The number of aromatic nitrogens is 2. The molecule has 4 aromatic carbocycles. The van der Waals surface area contributed by atoms with Crippen LogP contribution in [0.25, 0.3) is 32.6 Å². The monoisotopic (exact) mass is 1600 g/mol. The van der Waals surface area contributed by atoms with Gasteiger partial charge in [-0.15, -0.1) is 11.8 Å². The summed E-state index contributed by atoms with van der Waals surface area (Å²) in [7, 11) is 0. The molecule has 1 fully saturated rings. The van der Waals surface area contributed by atoms with Crippen molar-refractivity contribution in [1.29, 1.82) is 0 Å². The minimum atomic E-state index is -2.01. The maximum atomic E-state index is 15.1. The van der Waals surface area contributed by atoms with E-state index in [-0.39, 0.29) is 76.6 Å². The Morgan fingerprint density at radius 1 is 0.509 bits per heavy atom. The molecule has 7 rings (SSSR count). The van der Waals surface area contributed by atoms with Crippen molar-refractivity contribution in [3.63, 3.8) is 0 Å². The Balaban J connectivity index is 1.27. The number of aliphatic hydroxyl groups excluding tert-OH is 1. The zero-order valence-corrected chi connectivity index (χ0v) is 65.2. The van der Waals surface area contributed by atoms with Gasteiger partial charge in [0, 0.05) is 65.8 Å². The maximum absolute atomic E-state index is 15.1. The van der Waals surface area contributed by atoms with Crippen LogP contribution in [-0.4, -0.2) is 213 Å². The fourth-order valence-corrected chi connectivity index (χ4v) is 13.8. The van der Waals surface area contributed by atoms with Crippen LogP contribution < -0.4 is 86.3 Å². The quantitative estimate of drug-likeness (QED) is 0.0338. The molecule has 23 N–H and O–H groups in total. The van der Waals surface area contributed by atoms with Crippen LogP contribution in [0.3, 0.4) is 0 Å². The van der Waals surface area contributed by atoms with Gasteiger partial charge in [-0.05, 0) is 96.5 Å². The number of aromatic amines is 2. The highest BCUT2D eigenvalue weighted by Gasteiger charge is 2.39. The number of hydrogen-bond acceptors (Lipinski definition) is 18. The number of carbonyl (C=O) groups is 15. The number of carboxylic acid groups (broad SMARTS) is 1. The van der Waals surface area contributed by atoms with Crippen LogP contribution in [0, 0.1) is 11.8 Å². The zero-order chi connectivity index (χ0) is 83.1. The second-order valence-electron chi connectivity index (χ2n) is 28.6. The van der Waals surface area contributed by atoms with Gasteiger partial charge < -0.3 is 107 Å². The number of carbonyl (C=O) groups excluding carboxylic acids is 14. The van der Waals surface area contributed by atoms with Crippen molar-refractivity contribution in [3.8, 4) is 0 Å². The van der Waals surface area contributed by atoms with Gasteiger partial charge in [-0.25, -0.2) is 4.79 Å². The van der Waals surface area contributed by atoms with Crippen LogP contribution in [0.4, 0.5) is 4.79 Å². The average Bonchev–Trinajstić information content (AvgIpc) is 1.62. The van der Waals surface area contributed by atoms with Gasteiger partial charge in [-0.2, -0.15) is 0 Å². The van der Waals surface area contributed by atoms with Crippen molar-refractivity contribution < 1.29 is 82.1 Å². The van der Waals surface area contributed by atoms with Gasteiger partial charge in [0.2, 0.25) is 76.8 Å². The van der Waals surface area contributed by atoms with Crippen molar-refractivity contribution >= 4 is 133 Å². The summed E-state index contributed by atoms with van der Waals surface area (Å²) in [5.41, 5.74) is 20.0. The Hall–Kier alpha value is -11.7. The molecule has 0 radical (unpaired) electrons. The molecule has 0 aliphatic carbocycles. The second kappa shape index (κ2) is 44.5. The average molecular weight is 1600 g/mol. The van der Waals surface area contributed by atoms with E-state index < -0.39 is 192 Å². The standard InChI is InChI=1S/C78H106N18O17S/c1-6-8-22-54-70(105)88-55(25-15-16-29-79)71(106)90-58(34-48-37-84-52-24-14-12-21-50(48)52)75(110)95-65(42(3)4)76(111)94-61(67(80)102)40-114-41-63(99)87-56(32-44-27-28-45-18-9-10-19-46(45)31-44)74(109)96-66(43(5)7-2)77(112)93-60(39-97)68(103)85-38-62(98)86-53(26-17-30-82-78(81)113)69(104)92-59(35-64(100)101)73(108)91-57(72(107)89-54)33-47-36-83-51-23-13-11-20-49(47)51/h9-14,18-21,23-24,27-28,31,36-37,42-43,53-61,65-66,83-84,97H,6-8,15-17,22,25-26,29-30,32-35,38-41,79H2,1-5H3,(H2,80,102)(H,85,103)(H,86,98)(H,87,99)(H,88,105)(H,89,107)(H,90,106)(H,91,108)(H,92,104)(H,93,112)(H,94,111)(H,95,110)(H,96,109)(H,100,101)(H3,81,82,113)/t43-,53-,54-,55+,56-,57-,58-,59-,60-,61-,65-,66-/m0/s1. The molecule has 0 bridgehead atoms. The molecule has 0 spiro atoms. The zero-order valence-electron chi connectivity index (χ0n) is 64.4. The molecular weight excluding hydrogens is 1490 g/mol. The lowest BCUT2D eigenvalue weighted by Crippen LogP contribution is -2.61. The number of fused-ring (bicyclic) bond motifs is 3. The smallest absolute Gasteiger partial charge is 0.312 e. The third-order valence-corrected chi connectivity index (χ3v) is 20.6. The molecule has 6 aromatic rings. The number of urea groups is 1. The molecule has 1 saturated heterocycles. The molecule has 15 amide bonds. The van der Waals surface area contributed by atoms with E-state index >= 15 is 14.4 Å². The van der Waals surface area contributed by atoms with Gasteiger partial charge in [0.05, 0.1) is 25.3 Å². The van der Waals surface area contributed by atoms with E-state index in [1.807, 2.05) is 43.3 Å². The molecular formula is C78H106N18O17S. The number of amides is 15. The summed E-state index contributed by atoms with van der Waals surface area (Å²) in [6.45, 7) is 6.43. The molecule has 35 nitrogen and oxygen atoms in total. The molecule has 0 unspecified atom stereocenters. The summed E-state index contributed by atoms with van der Waals surface area (Å²) in [5.74, 6) is -16.4. The maximum Gasteiger partial charge on any atom is 0.312 e. The lowest BCUT2D eigenvalue weighted by Gasteiger charge is -2.29. The Bertz CT molecular complexity index is 4400. The summed E-state index contributed by atoms with van der Waals surface area (Å²) >= 11 is 0.860. The number of nitrogens with two attached hydrogens (primary N) is 3. The van der Waals surface area contributed by atoms with Crippen molar-refractivity contribution in [2.75, 3.05) is 37.7 Å². The lowest BCUT2D eigenvalue weighted by molar-refractivity contribution is -0.141. The first-order chi connectivity index (χ1) is 54.5. The summed E-state index contributed by atoms with van der Waals surface area (Å²) in [4.78, 5) is 219. The molecule has 616 valence electrons. The van der Waals surface area contributed by atoms with E-state index in [0.29, 0.717) is 57.8 Å². The number of para-hydroxylation sites is 2. The molecule has 36 heteroatoms. The summed E-state index contributed by atoms with van der Waals surface area (Å²) < 4.78 is 0. The van der Waals surface area contributed by atoms with E-state index in [9.17, 15) is 67.7 Å². The molecule has 3 heterocycles. The van der Waals surface area contributed by atoms with Gasteiger partial charge in [-0.3, -0.25) is 67.1 Å². The highest BCUT2D eigenvalue weighted by molar-refractivity contribution is 8.00. The fraction of sp³-hybridized carbons (Fsp3) is 0.474. The van der Waals surface area contributed by atoms with Crippen LogP contribution in [0.5, 0.6) is 0 Å². The molecule has 1 aliphatic rings. The number of hydrogen-bond donors (Lipinski definition) is 20. The largest absolute Gasteiger partial charge is 0.481 e. The molecule has 1 aliphatic heterocycles. The Labute approximate surface area is 662 Å². The van der Waals surface area contributed by atoms with Crippen molar-refractivity contribution in [3.05, 3.63) is 120 Å². The number of aliphatic hydroxyl groups is 1. The van der Waals surface area contributed by atoms with Gasteiger partial charge in [0.1, 0.15) is 66.5 Å². The normalized spacial score (nSPS) is 22.9. The number of aliphatic carboxylic acids is 1. The summed E-state index contributed by atoms with van der Waals surface area (Å²) in [5, 5.41) is 57.2. The van der Waals surface area contributed by atoms with Gasteiger partial charge in [-0.1, -0.05) is 133 Å². The van der Waals surface area contributed by atoms with Gasteiger partial charge >= 0.3 is 12.0 Å². The number of unbranched alkanes of at least 4 members (excludes halogenated alkanes) is 2. The lowest BCUT2D eigenvalue weighted by atomic mass is 9.96. The predicted molar refractivity (Wildman–Crippen MR) is 425 cm³/mol. The molecule has 12 atom stereocenters. The predicted octanol–water partition coefficient (Wildman–Crippen LogP) is -0.552. The first-order valence-electron chi connectivity index (χ1n) is 38.1. The van der Waals surface area contributed by atoms with Crippen LogP contribution in [0.15, 0.2) is 103 Å². The minimum absolute atomic E-state index is 0.0394. The molecule has 0 saturated carbocycles. The number of primary amides is 2. The fourth-order valence-electron chi connectivity index (χ4n) is 12.9. The van der Waals surface area contributed by atoms with Crippen molar-refractivity contribution in [2.24, 2.45) is 29.0 Å². The number of thioether (sulfide) groups is 1. The van der Waals surface area contributed by atoms with E-state index in [1.54, 1.807) is 94.7 Å². The van der Waals surface area contributed by atoms with E-state index in [0.717, 1.165) is 22.5 Å². The van der Waals surface area contributed by atoms with Crippen molar-refractivity contribution in [1.82, 2.24) is 79.1 Å². The number of benzene rings is 4. The Morgan fingerprint density at radius 3 is 1.54 bits per heavy atom. The minimum Gasteiger partial charge on any atom is -0.481 e. The summed E-state index contributed by atoms with van der Waals surface area (Å²) in [6.07, 6.45) is 2.69. The third kappa shape index (κ3) is 27.0. The number of H-pyrrole nitrogens is 2. The third-order valence-electron chi connectivity index (χ3n) is 19.5. The van der Waals surface area contributed by atoms with E-state index in [2.05, 4.69) is 79.1 Å². The summed E-state index contributed by atoms with van der Waals surface area (Å²) in [6, 6.07) is 8.76.